The molecule has 0 amide bonds. The summed E-state index contributed by atoms with van der Waals surface area (Å²) in [5.74, 6) is 0. The van der Waals surface area contributed by atoms with Crippen LogP contribution >= 0.6 is 12.4 Å². The lowest BCUT2D eigenvalue weighted by Crippen LogP contribution is -2.14. The van der Waals surface area contributed by atoms with Crippen LogP contribution in [0.1, 0.15) is 23.9 Å². The number of rotatable bonds is 5. The van der Waals surface area contributed by atoms with Crippen LogP contribution in [0.15, 0.2) is 24.5 Å². The Bertz CT molecular complexity index is 487. The van der Waals surface area contributed by atoms with Crippen LogP contribution in [0.5, 0.6) is 0 Å². The molecular formula is C13H21ClN4. The second kappa shape index (κ2) is 6.61. The van der Waals surface area contributed by atoms with Gasteiger partial charge < -0.3 is 9.88 Å². The van der Waals surface area contributed by atoms with E-state index < -0.39 is 0 Å². The van der Waals surface area contributed by atoms with Gasteiger partial charge in [-0.15, -0.1) is 12.4 Å². The van der Waals surface area contributed by atoms with E-state index in [2.05, 4.69) is 60.4 Å². The summed E-state index contributed by atoms with van der Waals surface area (Å²) >= 11 is 0. The molecule has 2 aromatic rings. The molecule has 0 unspecified atom stereocenters. The third-order valence-electron chi connectivity index (χ3n) is 3.04. The second-order valence-electron chi connectivity index (χ2n) is 4.31. The van der Waals surface area contributed by atoms with Gasteiger partial charge >= 0.3 is 0 Å². The average molecular weight is 269 g/mol. The Morgan fingerprint density at radius 2 is 2.11 bits per heavy atom. The summed E-state index contributed by atoms with van der Waals surface area (Å²) in [5.41, 5.74) is 3.69. The number of halogens is 1. The Labute approximate surface area is 114 Å². The van der Waals surface area contributed by atoms with E-state index in [-0.39, 0.29) is 12.4 Å². The van der Waals surface area contributed by atoms with Crippen molar-refractivity contribution in [2.45, 2.75) is 33.5 Å². The maximum Gasteiger partial charge on any atom is 0.0638 e. The monoisotopic (exact) mass is 268 g/mol. The highest BCUT2D eigenvalue weighted by molar-refractivity contribution is 5.85. The van der Waals surface area contributed by atoms with E-state index in [4.69, 9.17) is 0 Å². The molecule has 5 heteroatoms. The van der Waals surface area contributed by atoms with Crippen molar-refractivity contribution < 1.29 is 0 Å². The summed E-state index contributed by atoms with van der Waals surface area (Å²) in [4.78, 5) is 0. The Balaban J connectivity index is 0.00000162. The van der Waals surface area contributed by atoms with Crippen LogP contribution < -0.4 is 5.32 Å². The van der Waals surface area contributed by atoms with E-state index >= 15 is 0 Å². The fourth-order valence-corrected chi connectivity index (χ4v) is 1.90. The fourth-order valence-electron chi connectivity index (χ4n) is 1.90. The molecule has 1 N–H and O–H groups in total. The first-order valence-corrected chi connectivity index (χ1v) is 6.04. The van der Waals surface area contributed by atoms with Gasteiger partial charge in [-0.2, -0.15) is 5.10 Å². The Hall–Kier alpha value is -1.26. The molecule has 0 fully saturated rings. The molecule has 0 radical (unpaired) electrons. The van der Waals surface area contributed by atoms with Crippen LogP contribution in [0, 0.1) is 6.92 Å². The van der Waals surface area contributed by atoms with Gasteiger partial charge in [0.25, 0.3) is 0 Å². The molecule has 0 aliphatic carbocycles. The van der Waals surface area contributed by atoms with Crippen molar-refractivity contribution >= 4 is 12.4 Å². The Morgan fingerprint density at radius 3 is 2.67 bits per heavy atom. The smallest absolute Gasteiger partial charge is 0.0638 e. The van der Waals surface area contributed by atoms with Crippen molar-refractivity contribution in [2.24, 2.45) is 7.05 Å². The van der Waals surface area contributed by atoms with Gasteiger partial charge in [-0.05, 0) is 26.0 Å². The summed E-state index contributed by atoms with van der Waals surface area (Å²) in [6.07, 6.45) is 4.19. The zero-order chi connectivity index (χ0) is 12.3. The number of hydrogen-bond acceptors (Lipinski definition) is 2. The Morgan fingerprint density at radius 1 is 1.33 bits per heavy atom. The van der Waals surface area contributed by atoms with E-state index in [1.165, 1.54) is 11.3 Å². The van der Waals surface area contributed by atoms with E-state index in [1.807, 2.05) is 4.68 Å². The lowest BCUT2D eigenvalue weighted by molar-refractivity contribution is 0.646. The predicted molar refractivity (Wildman–Crippen MR) is 75.8 cm³/mol. The van der Waals surface area contributed by atoms with Gasteiger partial charge in [-0.25, -0.2) is 0 Å². The van der Waals surface area contributed by atoms with Crippen molar-refractivity contribution in [3.05, 3.63) is 41.5 Å². The zero-order valence-electron chi connectivity index (χ0n) is 11.2. The van der Waals surface area contributed by atoms with Crippen LogP contribution in [0.4, 0.5) is 0 Å². The molecule has 18 heavy (non-hydrogen) atoms. The molecule has 0 spiro atoms. The summed E-state index contributed by atoms with van der Waals surface area (Å²) < 4.78 is 4.12. The third kappa shape index (κ3) is 3.37. The molecule has 0 atom stereocenters. The van der Waals surface area contributed by atoms with Gasteiger partial charge in [-0.3, -0.25) is 4.68 Å². The van der Waals surface area contributed by atoms with Crippen molar-refractivity contribution in [1.82, 2.24) is 19.7 Å². The van der Waals surface area contributed by atoms with E-state index in [9.17, 15) is 0 Å². The highest BCUT2D eigenvalue weighted by Gasteiger charge is 2.03. The third-order valence-corrected chi connectivity index (χ3v) is 3.04. The number of aryl methyl sites for hydroxylation is 3. The van der Waals surface area contributed by atoms with Gasteiger partial charge in [-0.1, -0.05) is 0 Å². The molecule has 100 valence electrons. The zero-order valence-corrected chi connectivity index (χ0v) is 12.0. The molecule has 2 rings (SSSR count). The summed E-state index contributed by atoms with van der Waals surface area (Å²) in [6.45, 7) is 6.86. The van der Waals surface area contributed by atoms with Crippen molar-refractivity contribution in [3.63, 3.8) is 0 Å². The molecule has 0 aliphatic heterocycles. The van der Waals surface area contributed by atoms with Crippen molar-refractivity contribution in [2.75, 3.05) is 0 Å². The topological polar surface area (TPSA) is 34.8 Å². The van der Waals surface area contributed by atoms with Crippen LogP contribution in [-0.4, -0.2) is 14.3 Å². The molecule has 0 saturated heterocycles. The summed E-state index contributed by atoms with van der Waals surface area (Å²) in [5, 5.41) is 7.88. The molecular weight excluding hydrogens is 248 g/mol. The molecule has 0 aromatic carbocycles. The molecule has 0 bridgehead atoms. The van der Waals surface area contributed by atoms with Gasteiger partial charge in [0, 0.05) is 50.3 Å². The van der Waals surface area contributed by atoms with Gasteiger partial charge in [0.2, 0.25) is 0 Å². The van der Waals surface area contributed by atoms with Gasteiger partial charge in [0.15, 0.2) is 0 Å². The number of aromatic nitrogens is 3. The van der Waals surface area contributed by atoms with Crippen molar-refractivity contribution in [3.8, 4) is 0 Å². The lowest BCUT2D eigenvalue weighted by atomic mass is 10.2. The number of hydrogen-bond donors (Lipinski definition) is 1. The molecule has 0 aliphatic rings. The standard InChI is InChI=1S/C13H20N4.ClH/c1-4-17-10-12(11(2)15-17)8-14-9-13-6-5-7-16(13)3;/h5-7,10,14H,4,8-9H2,1-3H3;1H. The largest absolute Gasteiger partial charge is 0.353 e. The maximum atomic E-state index is 4.43. The van der Waals surface area contributed by atoms with Gasteiger partial charge in [0.1, 0.15) is 0 Å². The first-order valence-electron chi connectivity index (χ1n) is 6.04. The minimum atomic E-state index is 0. The fraction of sp³-hybridized carbons (Fsp3) is 0.462. The van der Waals surface area contributed by atoms with E-state index in [0.717, 1.165) is 25.3 Å². The van der Waals surface area contributed by atoms with E-state index in [0.29, 0.717) is 0 Å². The summed E-state index contributed by atoms with van der Waals surface area (Å²) in [7, 11) is 2.07. The first-order chi connectivity index (χ1) is 8.20. The second-order valence-corrected chi connectivity index (χ2v) is 4.31. The lowest BCUT2D eigenvalue weighted by Gasteiger charge is -2.05. The molecule has 4 nitrogen and oxygen atoms in total. The minimum Gasteiger partial charge on any atom is -0.353 e. The van der Waals surface area contributed by atoms with Gasteiger partial charge in [0.05, 0.1) is 5.69 Å². The quantitative estimate of drug-likeness (QED) is 0.903. The number of nitrogens with one attached hydrogen (secondary N) is 1. The van der Waals surface area contributed by atoms with Crippen LogP contribution in [-0.2, 0) is 26.7 Å². The van der Waals surface area contributed by atoms with E-state index in [1.54, 1.807) is 0 Å². The molecule has 2 aromatic heterocycles. The maximum absolute atomic E-state index is 4.43. The number of nitrogens with zero attached hydrogens (tertiary/aromatic N) is 3. The highest BCUT2D eigenvalue weighted by Crippen LogP contribution is 2.06. The first kappa shape index (κ1) is 14.8. The molecule has 2 heterocycles. The van der Waals surface area contributed by atoms with Crippen LogP contribution in [0.25, 0.3) is 0 Å². The van der Waals surface area contributed by atoms with Crippen molar-refractivity contribution in [1.29, 1.82) is 0 Å². The van der Waals surface area contributed by atoms with Crippen LogP contribution in [0.2, 0.25) is 0 Å². The highest BCUT2D eigenvalue weighted by atomic mass is 35.5. The Kier molecular flexibility index (Phi) is 5.44. The summed E-state index contributed by atoms with van der Waals surface area (Å²) in [6, 6.07) is 4.20. The predicted octanol–water partition coefficient (Wildman–Crippen LogP) is 2.26. The average Bonchev–Trinajstić information content (AvgIpc) is 2.87. The SMILES string of the molecule is CCn1cc(CNCc2cccn2C)c(C)n1.Cl. The minimum absolute atomic E-state index is 0. The normalized spacial score (nSPS) is 10.4. The molecule has 0 saturated carbocycles. The van der Waals surface area contributed by atoms with Crippen LogP contribution in [0.3, 0.4) is 0 Å².